The molecule has 102 valence electrons. The summed E-state index contributed by atoms with van der Waals surface area (Å²) in [6.45, 7) is 7.71. The molecule has 0 aliphatic carbocycles. The van der Waals surface area contributed by atoms with E-state index >= 15 is 0 Å². The first-order chi connectivity index (χ1) is 9.43. The Kier molecular flexibility index (Phi) is 5.43. The van der Waals surface area contributed by atoms with E-state index in [-0.39, 0.29) is 0 Å². The molecule has 0 bridgehead atoms. The number of anilines is 1. The number of morpholine rings is 1. The molecule has 1 aliphatic heterocycles. The molecular formula is C16H21NOS. The normalized spacial score (nSPS) is 14.7. The van der Waals surface area contributed by atoms with E-state index in [0.29, 0.717) is 0 Å². The van der Waals surface area contributed by atoms with Gasteiger partial charge >= 0.3 is 0 Å². The van der Waals surface area contributed by atoms with Gasteiger partial charge < -0.3 is 9.64 Å². The van der Waals surface area contributed by atoms with E-state index in [1.807, 2.05) is 25.2 Å². The Labute approximate surface area is 119 Å². The van der Waals surface area contributed by atoms with Gasteiger partial charge in [0, 0.05) is 18.0 Å². The van der Waals surface area contributed by atoms with Crippen molar-refractivity contribution in [3.63, 3.8) is 0 Å². The molecular weight excluding hydrogens is 254 g/mol. The van der Waals surface area contributed by atoms with Gasteiger partial charge in [-0.3, -0.25) is 0 Å². The van der Waals surface area contributed by atoms with Crippen LogP contribution in [0.5, 0.6) is 0 Å². The summed E-state index contributed by atoms with van der Waals surface area (Å²) in [5.41, 5.74) is 1.30. The van der Waals surface area contributed by atoms with Gasteiger partial charge in [-0.25, -0.2) is 0 Å². The Balaban J connectivity index is 0.000000637. The average Bonchev–Trinajstić information content (AvgIpc) is 3.01. The lowest BCUT2D eigenvalue weighted by molar-refractivity contribution is 0.123. The van der Waals surface area contributed by atoms with Crippen molar-refractivity contribution >= 4 is 16.3 Å². The first kappa shape index (κ1) is 14.1. The second kappa shape index (κ2) is 7.31. The number of thiophene rings is 1. The van der Waals surface area contributed by atoms with E-state index in [4.69, 9.17) is 4.74 Å². The van der Waals surface area contributed by atoms with Crippen molar-refractivity contribution < 1.29 is 4.74 Å². The van der Waals surface area contributed by atoms with Gasteiger partial charge in [0.05, 0.1) is 18.2 Å². The van der Waals surface area contributed by atoms with Crippen molar-refractivity contribution in [1.82, 2.24) is 0 Å². The smallest absolute Gasteiger partial charge is 0.0916 e. The van der Waals surface area contributed by atoms with Gasteiger partial charge in [-0.2, -0.15) is 0 Å². The molecule has 0 atom stereocenters. The van der Waals surface area contributed by atoms with E-state index in [0.717, 1.165) is 26.3 Å². The molecule has 2 nitrogen and oxygen atoms in total. The quantitative estimate of drug-likeness (QED) is 0.811. The van der Waals surface area contributed by atoms with Crippen LogP contribution in [-0.2, 0) is 4.74 Å². The maximum absolute atomic E-state index is 5.38. The standard InChI is InChI=1S/C14H15NOS.C2H6/c1-2-4-12(5-3-1)13-6-7-14(17-13)15-8-10-16-11-9-15;1-2/h1-7H,8-11H2;1-2H3. The number of benzene rings is 1. The Bertz CT molecular complexity index is 475. The number of nitrogens with zero attached hydrogens (tertiary/aromatic N) is 1. The summed E-state index contributed by atoms with van der Waals surface area (Å²) >= 11 is 1.86. The maximum Gasteiger partial charge on any atom is 0.0916 e. The van der Waals surface area contributed by atoms with Crippen LogP contribution in [-0.4, -0.2) is 26.3 Å². The molecule has 0 radical (unpaired) electrons. The van der Waals surface area contributed by atoms with Crippen molar-refractivity contribution in [1.29, 1.82) is 0 Å². The largest absolute Gasteiger partial charge is 0.378 e. The zero-order valence-electron chi connectivity index (χ0n) is 11.6. The number of ether oxygens (including phenoxy) is 1. The van der Waals surface area contributed by atoms with E-state index in [1.54, 1.807) is 0 Å². The summed E-state index contributed by atoms with van der Waals surface area (Å²) in [6, 6.07) is 15.0. The third-order valence-corrected chi connectivity index (χ3v) is 4.17. The summed E-state index contributed by atoms with van der Waals surface area (Å²) in [6.07, 6.45) is 0. The molecule has 1 aromatic heterocycles. The van der Waals surface area contributed by atoms with Gasteiger partial charge in [0.2, 0.25) is 0 Å². The van der Waals surface area contributed by atoms with Crippen LogP contribution in [0.4, 0.5) is 5.00 Å². The molecule has 3 rings (SSSR count). The molecule has 2 heterocycles. The van der Waals surface area contributed by atoms with E-state index in [9.17, 15) is 0 Å². The van der Waals surface area contributed by atoms with E-state index in [1.165, 1.54) is 15.4 Å². The van der Waals surface area contributed by atoms with Gasteiger partial charge in [0.15, 0.2) is 0 Å². The topological polar surface area (TPSA) is 12.5 Å². The summed E-state index contributed by atoms with van der Waals surface area (Å²) < 4.78 is 5.38. The lowest BCUT2D eigenvalue weighted by Crippen LogP contribution is -2.35. The highest BCUT2D eigenvalue weighted by atomic mass is 32.1. The van der Waals surface area contributed by atoms with Crippen molar-refractivity contribution in [2.45, 2.75) is 13.8 Å². The molecule has 2 aromatic rings. The van der Waals surface area contributed by atoms with E-state index < -0.39 is 0 Å². The van der Waals surface area contributed by atoms with Crippen LogP contribution in [0.2, 0.25) is 0 Å². The van der Waals surface area contributed by atoms with Crippen LogP contribution in [0.3, 0.4) is 0 Å². The molecule has 0 amide bonds. The molecule has 1 saturated heterocycles. The van der Waals surface area contributed by atoms with Crippen LogP contribution < -0.4 is 4.90 Å². The minimum absolute atomic E-state index is 0.846. The average molecular weight is 275 g/mol. The van der Waals surface area contributed by atoms with Crippen LogP contribution >= 0.6 is 11.3 Å². The van der Waals surface area contributed by atoms with Gasteiger partial charge in [-0.15, -0.1) is 11.3 Å². The Morgan fingerprint density at radius 1 is 0.947 bits per heavy atom. The first-order valence-electron chi connectivity index (χ1n) is 6.91. The third-order valence-electron chi connectivity index (χ3n) is 2.97. The molecule has 0 N–H and O–H groups in total. The highest BCUT2D eigenvalue weighted by molar-refractivity contribution is 7.19. The predicted octanol–water partition coefficient (Wildman–Crippen LogP) is 4.28. The van der Waals surface area contributed by atoms with Crippen molar-refractivity contribution in [3.8, 4) is 10.4 Å². The zero-order valence-corrected chi connectivity index (χ0v) is 12.5. The Morgan fingerprint density at radius 2 is 1.63 bits per heavy atom. The summed E-state index contributed by atoms with van der Waals surface area (Å²) in [5, 5.41) is 1.35. The minimum atomic E-state index is 0.846. The van der Waals surface area contributed by atoms with E-state index in [2.05, 4.69) is 47.4 Å². The molecule has 1 aliphatic rings. The third kappa shape index (κ3) is 3.58. The van der Waals surface area contributed by atoms with Crippen molar-refractivity contribution in [3.05, 3.63) is 42.5 Å². The molecule has 1 fully saturated rings. The Morgan fingerprint density at radius 3 is 2.32 bits per heavy atom. The maximum atomic E-state index is 5.38. The van der Waals surface area contributed by atoms with Crippen LogP contribution in [0, 0.1) is 0 Å². The van der Waals surface area contributed by atoms with Gasteiger partial charge in [-0.1, -0.05) is 44.2 Å². The lowest BCUT2D eigenvalue weighted by atomic mass is 10.2. The van der Waals surface area contributed by atoms with Gasteiger partial charge in [0.1, 0.15) is 0 Å². The number of hydrogen-bond donors (Lipinski definition) is 0. The van der Waals surface area contributed by atoms with Crippen molar-refractivity contribution in [2.24, 2.45) is 0 Å². The highest BCUT2D eigenvalue weighted by Gasteiger charge is 2.13. The minimum Gasteiger partial charge on any atom is -0.378 e. The lowest BCUT2D eigenvalue weighted by Gasteiger charge is -2.27. The molecule has 1 aromatic carbocycles. The van der Waals surface area contributed by atoms with Crippen LogP contribution in [0.15, 0.2) is 42.5 Å². The van der Waals surface area contributed by atoms with Crippen molar-refractivity contribution in [2.75, 3.05) is 31.2 Å². The summed E-state index contributed by atoms with van der Waals surface area (Å²) in [5.74, 6) is 0. The Hall–Kier alpha value is -1.32. The molecule has 0 saturated carbocycles. The zero-order chi connectivity index (χ0) is 13.5. The fourth-order valence-corrected chi connectivity index (χ4v) is 3.10. The molecule has 0 spiro atoms. The van der Waals surface area contributed by atoms with Gasteiger partial charge in [-0.05, 0) is 17.7 Å². The summed E-state index contributed by atoms with van der Waals surface area (Å²) in [7, 11) is 0. The molecule has 0 unspecified atom stereocenters. The van der Waals surface area contributed by atoms with Crippen LogP contribution in [0.25, 0.3) is 10.4 Å². The fourth-order valence-electron chi connectivity index (χ4n) is 2.04. The second-order valence-electron chi connectivity index (χ2n) is 4.10. The number of hydrogen-bond acceptors (Lipinski definition) is 3. The SMILES string of the molecule is CC.c1ccc(-c2ccc(N3CCOCC3)s2)cc1. The monoisotopic (exact) mass is 275 g/mol. The second-order valence-corrected chi connectivity index (χ2v) is 5.17. The summed E-state index contributed by atoms with van der Waals surface area (Å²) in [4.78, 5) is 3.74. The predicted molar refractivity (Wildman–Crippen MR) is 84.1 cm³/mol. The molecule has 3 heteroatoms. The number of rotatable bonds is 2. The fraction of sp³-hybridized carbons (Fsp3) is 0.375. The first-order valence-corrected chi connectivity index (χ1v) is 7.73. The highest BCUT2D eigenvalue weighted by Crippen LogP contribution is 2.33. The van der Waals surface area contributed by atoms with Gasteiger partial charge in [0.25, 0.3) is 0 Å². The van der Waals surface area contributed by atoms with Crippen LogP contribution in [0.1, 0.15) is 13.8 Å². The molecule has 19 heavy (non-hydrogen) atoms.